The van der Waals surface area contributed by atoms with Gasteiger partial charge in [-0.2, -0.15) is 0 Å². The zero-order valence-electron chi connectivity index (χ0n) is 34.9. The number of benzene rings is 6. The highest BCUT2D eigenvalue weighted by molar-refractivity contribution is 6.09. The lowest BCUT2D eigenvalue weighted by atomic mass is 9.97. The van der Waals surface area contributed by atoms with Gasteiger partial charge in [-0.25, -0.2) is 0 Å². The number of aryl methyl sites for hydroxylation is 12. The molecular weight excluding hydrogens is 645 g/mol. The van der Waals surface area contributed by atoms with Gasteiger partial charge in [0, 0.05) is 11.1 Å². The van der Waals surface area contributed by atoms with Gasteiger partial charge in [0.2, 0.25) is 0 Å². The van der Waals surface area contributed by atoms with Crippen molar-refractivity contribution in [2.45, 2.75) is 96.9 Å². The van der Waals surface area contributed by atoms with E-state index >= 15 is 0 Å². The van der Waals surface area contributed by atoms with Crippen molar-refractivity contribution < 1.29 is 9.53 Å². The summed E-state index contributed by atoms with van der Waals surface area (Å²) in [5, 5.41) is 0. The second-order valence-electron chi connectivity index (χ2n) is 13.7. The summed E-state index contributed by atoms with van der Waals surface area (Å²) in [5.41, 5.74) is 16.8. The lowest BCUT2D eigenvalue weighted by Crippen LogP contribution is -2.03. The number of carbonyl (C=O) groups excluding carboxylic acids is 1. The minimum Gasteiger partial charge on any atom is -0.457 e. The molecule has 6 aromatic carbocycles. The normalized spacial score (nSPS) is 9.77. The molecule has 0 fully saturated rings. The van der Waals surface area contributed by atoms with Crippen molar-refractivity contribution in [2.75, 3.05) is 0 Å². The first-order chi connectivity index (χ1) is 25.2. The topological polar surface area (TPSA) is 26.3 Å². The maximum atomic E-state index is 12.4. The Morgan fingerprint density at radius 3 is 0.811 bits per heavy atom. The highest BCUT2D eigenvalue weighted by atomic mass is 16.5. The predicted octanol–water partition coefficient (Wildman–Crippen LogP) is 14.5. The first-order valence-corrected chi connectivity index (χ1v) is 18.7. The van der Waals surface area contributed by atoms with Crippen molar-refractivity contribution in [2.24, 2.45) is 0 Å². The number of ketones is 1. The highest BCUT2D eigenvalue weighted by Gasteiger charge is 2.10. The molecule has 0 saturated heterocycles. The van der Waals surface area contributed by atoms with Crippen LogP contribution in [0.4, 0.5) is 0 Å². The molecular formula is C51H62O2. The number of hydrogen-bond donors (Lipinski definition) is 0. The molecule has 278 valence electrons. The third-order valence-electron chi connectivity index (χ3n) is 9.58. The Morgan fingerprint density at radius 1 is 0.321 bits per heavy atom. The Balaban J connectivity index is 0.000000255. The Kier molecular flexibility index (Phi) is 18.2. The summed E-state index contributed by atoms with van der Waals surface area (Å²) in [6.07, 6.45) is 0. The zero-order valence-corrected chi connectivity index (χ0v) is 34.9. The van der Waals surface area contributed by atoms with Gasteiger partial charge in [0.1, 0.15) is 11.5 Å². The van der Waals surface area contributed by atoms with E-state index in [2.05, 4.69) is 142 Å². The molecule has 6 aromatic rings. The quantitative estimate of drug-likeness (QED) is 0.171. The van der Waals surface area contributed by atoms with Crippen LogP contribution in [0, 0.1) is 83.1 Å². The molecule has 0 atom stereocenters. The number of hydrogen-bond acceptors (Lipinski definition) is 2. The SMILES string of the molecule is CC.Cc1ccc(C(=O)c2ccc(C)c(C)c2)cc1C.Cc1ccc(Oc2ccc(C)c(C)c2)cc1C.Cc1ccccc1C.Cc1ccccc1C. The molecule has 2 nitrogen and oxygen atoms in total. The Bertz CT molecular complexity index is 1880. The van der Waals surface area contributed by atoms with Crippen LogP contribution in [0.5, 0.6) is 11.5 Å². The average Bonchev–Trinajstić information content (AvgIpc) is 3.14. The van der Waals surface area contributed by atoms with Crippen molar-refractivity contribution in [1.82, 2.24) is 0 Å². The summed E-state index contributed by atoms with van der Waals surface area (Å²) < 4.78 is 5.85. The number of rotatable bonds is 4. The fraction of sp³-hybridized carbons (Fsp3) is 0.275. The van der Waals surface area contributed by atoms with Crippen molar-refractivity contribution in [3.8, 4) is 11.5 Å². The summed E-state index contributed by atoms with van der Waals surface area (Å²) in [4.78, 5) is 12.4. The van der Waals surface area contributed by atoms with Gasteiger partial charge >= 0.3 is 0 Å². The monoisotopic (exact) mass is 706 g/mol. The maximum absolute atomic E-state index is 12.4. The van der Waals surface area contributed by atoms with Gasteiger partial charge in [-0.15, -0.1) is 0 Å². The van der Waals surface area contributed by atoms with E-state index in [0.717, 1.165) is 33.8 Å². The van der Waals surface area contributed by atoms with E-state index in [4.69, 9.17) is 4.74 Å². The van der Waals surface area contributed by atoms with Gasteiger partial charge in [0.15, 0.2) is 5.78 Å². The molecule has 0 aliphatic heterocycles. The van der Waals surface area contributed by atoms with Crippen LogP contribution in [0.1, 0.15) is 96.5 Å². The van der Waals surface area contributed by atoms with Crippen LogP contribution in [-0.2, 0) is 0 Å². The number of ether oxygens (including phenoxy) is 1. The van der Waals surface area contributed by atoms with Gasteiger partial charge < -0.3 is 4.74 Å². The second-order valence-corrected chi connectivity index (χ2v) is 13.7. The van der Waals surface area contributed by atoms with Crippen molar-refractivity contribution in [3.63, 3.8) is 0 Å². The molecule has 0 bridgehead atoms. The molecule has 0 amide bonds. The zero-order chi connectivity index (χ0) is 39.7. The lowest BCUT2D eigenvalue weighted by molar-refractivity contribution is 0.103. The van der Waals surface area contributed by atoms with Crippen LogP contribution in [0.3, 0.4) is 0 Å². The minimum absolute atomic E-state index is 0.0983. The van der Waals surface area contributed by atoms with E-state index in [1.807, 2.05) is 76.2 Å². The number of carbonyl (C=O) groups is 1. The third-order valence-corrected chi connectivity index (χ3v) is 9.58. The Morgan fingerprint density at radius 2 is 0.566 bits per heavy atom. The highest BCUT2D eigenvalue weighted by Crippen LogP contribution is 2.25. The first kappa shape index (κ1) is 44.0. The fourth-order valence-corrected chi connectivity index (χ4v) is 4.95. The van der Waals surface area contributed by atoms with Crippen molar-refractivity contribution in [3.05, 3.63) is 199 Å². The molecule has 0 radical (unpaired) electrons. The largest absolute Gasteiger partial charge is 0.457 e. The van der Waals surface area contributed by atoms with E-state index in [1.165, 1.54) is 55.6 Å². The molecule has 0 aliphatic carbocycles. The van der Waals surface area contributed by atoms with Crippen LogP contribution < -0.4 is 4.74 Å². The summed E-state index contributed by atoms with van der Waals surface area (Å²) in [6, 6.07) is 40.8. The third kappa shape index (κ3) is 14.4. The molecule has 0 aliphatic rings. The van der Waals surface area contributed by atoms with E-state index < -0.39 is 0 Å². The average molecular weight is 707 g/mol. The summed E-state index contributed by atoms with van der Waals surface area (Å²) >= 11 is 0. The van der Waals surface area contributed by atoms with Gasteiger partial charge in [0.05, 0.1) is 0 Å². The smallest absolute Gasteiger partial charge is 0.193 e. The molecule has 0 spiro atoms. The first-order valence-electron chi connectivity index (χ1n) is 18.7. The van der Waals surface area contributed by atoms with Crippen molar-refractivity contribution in [1.29, 1.82) is 0 Å². The molecule has 0 N–H and O–H groups in total. The molecule has 0 unspecified atom stereocenters. The molecule has 0 heterocycles. The van der Waals surface area contributed by atoms with E-state index in [9.17, 15) is 4.79 Å². The van der Waals surface area contributed by atoms with E-state index in [-0.39, 0.29) is 5.78 Å². The van der Waals surface area contributed by atoms with Gasteiger partial charge in [-0.3, -0.25) is 4.79 Å². The predicted molar refractivity (Wildman–Crippen MR) is 230 cm³/mol. The molecule has 53 heavy (non-hydrogen) atoms. The van der Waals surface area contributed by atoms with Gasteiger partial charge in [-0.1, -0.05) is 98.8 Å². The van der Waals surface area contributed by atoms with Crippen LogP contribution in [0.25, 0.3) is 0 Å². The van der Waals surface area contributed by atoms with E-state index in [1.54, 1.807) is 0 Å². The van der Waals surface area contributed by atoms with E-state index in [0.29, 0.717) is 0 Å². The lowest BCUT2D eigenvalue weighted by Gasteiger charge is -2.09. The van der Waals surface area contributed by atoms with Crippen LogP contribution in [-0.4, -0.2) is 5.78 Å². The van der Waals surface area contributed by atoms with Crippen molar-refractivity contribution >= 4 is 5.78 Å². The molecule has 0 aromatic heterocycles. The summed E-state index contributed by atoms with van der Waals surface area (Å²) in [6.45, 7) is 29.1. The molecule has 6 rings (SSSR count). The Labute approximate surface area is 321 Å². The van der Waals surface area contributed by atoms with Crippen LogP contribution in [0.2, 0.25) is 0 Å². The molecule has 0 saturated carbocycles. The fourth-order valence-electron chi connectivity index (χ4n) is 4.95. The second kappa shape index (κ2) is 22.0. The Hall–Kier alpha value is -5.21. The molecule has 2 heteroatoms. The summed E-state index contributed by atoms with van der Waals surface area (Å²) in [7, 11) is 0. The van der Waals surface area contributed by atoms with Crippen LogP contribution in [0.15, 0.2) is 121 Å². The van der Waals surface area contributed by atoms with Crippen LogP contribution >= 0.6 is 0 Å². The van der Waals surface area contributed by atoms with Gasteiger partial charge in [0.25, 0.3) is 0 Å². The maximum Gasteiger partial charge on any atom is 0.193 e. The minimum atomic E-state index is 0.0983. The van der Waals surface area contributed by atoms with Gasteiger partial charge in [-0.05, 0) is 186 Å². The summed E-state index contributed by atoms with van der Waals surface area (Å²) in [5.74, 6) is 1.90. The standard InChI is InChI=1S/C17H18O.C16H18O.2C8H10.C2H6/c1-11-5-7-15(9-13(11)3)17(18)16-8-6-12(2)14(4)10-16;1-11-5-7-15(9-13(11)3)17-16-8-6-12(2)14(4)10-16;2*1-7-5-3-4-6-8(7)2;1-2/h5-10H,1-4H3;5-10H,1-4H3;2*3-6H,1-2H3;1-2H3.